The zero-order valence-electron chi connectivity index (χ0n) is 10.1. The van der Waals surface area contributed by atoms with Crippen molar-refractivity contribution in [2.24, 2.45) is 12.8 Å². The van der Waals surface area contributed by atoms with Crippen LogP contribution in [-0.2, 0) is 18.4 Å². The van der Waals surface area contributed by atoms with Gasteiger partial charge in [-0.05, 0) is 19.1 Å². The molecule has 0 bridgehead atoms. The summed E-state index contributed by atoms with van der Waals surface area (Å²) in [4.78, 5) is 10.4. The van der Waals surface area contributed by atoms with Crippen LogP contribution in [0.3, 0.4) is 0 Å². The van der Waals surface area contributed by atoms with Crippen LogP contribution >= 0.6 is 0 Å². The molecule has 0 unspecified atom stereocenters. The molecule has 0 spiro atoms. The fourth-order valence-electron chi connectivity index (χ4n) is 1.58. The topological polar surface area (TPSA) is 95.9 Å². The largest absolute Gasteiger partial charge is 0.443 e. The Hall–Kier alpha value is -2.44. The predicted octanol–water partition coefficient (Wildman–Crippen LogP) is 0.781. The fraction of sp³-hybridized carbons (Fsp3) is 0.273. The first-order valence-corrected chi connectivity index (χ1v) is 5.31. The molecule has 0 aromatic carbocycles. The lowest BCUT2D eigenvalue weighted by Crippen LogP contribution is -2.13. The highest BCUT2D eigenvalue weighted by Crippen LogP contribution is 2.19. The Morgan fingerprint density at radius 3 is 2.72 bits per heavy atom. The molecule has 2 N–H and O–H groups in total. The van der Waals surface area contributed by atoms with Gasteiger partial charge in [0, 0.05) is 18.8 Å². The number of primary amides is 1. The van der Waals surface area contributed by atoms with Crippen LogP contribution < -0.4 is 5.73 Å². The Morgan fingerprint density at radius 1 is 1.44 bits per heavy atom. The molecule has 7 nitrogen and oxygen atoms in total. The highest BCUT2D eigenvalue weighted by molar-refractivity contribution is 5.64. The summed E-state index contributed by atoms with van der Waals surface area (Å²) in [5, 5.41) is 12.3. The molecule has 0 saturated carbocycles. The van der Waals surface area contributed by atoms with E-state index in [0.717, 1.165) is 17.0 Å². The van der Waals surface area contributed by atoms with Crippen molar-refractivity contribution in [2.75, 3.05) is 0 Å². The van der Waals surface area contributed by atoms with Gasteiger partial charge in [-0.2, -0.15) is 15.3 Å². The van der Waals surface area contributed by atoms with Crippen molar-refractivity contribution in [2.45, 2.75) is 13.5 Å². The first kappa shape index (κ1) is 12.0. The van der Waals surface area contributed by atoms with Gasteiger partial charge in [0.15, 0.2) is 0 Å². The molecule has 18 heavy (non-hydrogen) atoms. The van der Waals surface area contributed by atoms with Gasteiger partial charge in [0.25, 0.3) is 0 Å². The number of aryl methyl sites for hydroxylation is 2. The fourth-order valence-corrected chi connectivity index (χ4v) is 1.58. The van der Waals surface area contributed by atoms with E-state index in [0.29, 0.717) is 5.69 Å². The predicted molar refractivity (Wildman–Crippen MR) is 63.3 cm³/mol. The Bertz CT molecular complexity index is 561. The van der Waals surface area contributed by atoms with Gasteiger partial charge in [0.2, 0.25) is 0 Å². The molecule has 0 fully saturated rings. The molecular formula is C11H13N5O2. The van der Waals surface area contributed by atoms with Gasteiger partial charge < -0.3 is 10.5 Å². The maximum Gasteiger partial charge on any atom is 0.404 e. The summed E-state index contributed by atoms with van der Waals surface area (Å²) < 4.78 is 6.34. The quantitative estimate of drug-likeness (QED) is 0.864. The smallest absolute Gasteiger partial charge is 0.404 e. The molecule has 0 aliphatic heterocycles. The maximum absolute atomic E-state index is 10.4. The summed E-state index contributed by atoms with van der Waals surface area (Å²) >= 11 is 0. The molecule has 0 radical (unpaired) electrons. The van der Waals surface area contributed by atoms with Gasteiger partial charge in [0.1, 0.15) is 12.3 Å². The first-order valence-electron chi connectivity index (χ1n) is 5.31. The van der Waals surface area contributed by atoms with E-state index in [2.05, 4.69) is 20.0 Å². The number of hydrogen-bond acceptors (Lipinski definition) is 5. The zero-order chi connectivity index (χ0) is 13.1. The molecule has 0 saturated heterocycles. The Labute approximate surface area is 104 Å². The highest BCUT2D eigenvalue weighted by atomic mass is 16.5. The lowest BCUT2D eigenvalue weighted by Gasteiger charge is -2.01. The number of carbonyl (C=O) groups is 1. The van der Waals surface area contributed by atoms with Crippen molar-refractivity contribution in [3.8, 4) is 11.3 Å². The minimum Gasteiger partial charge on any atom is -0.443 e. The van der Waals surface area contributed by atoms with Crippen molar-refractivity contribution in [1.29, 1.82) is 0 Å². The second kappa shape index (κ2) is 4.82. The molecule has 94 valence electrons. The second-order valence-corrected chi connectivity index (χ2v) is 3.82. The van der Waals surface area contributed by atoms with Crippen LogP contribution in [0.1, 0.15) is 11.4 Å². The van der Waals surface area contributed by atoms with Crippen LogP contribution in [0.4, 0.5) is 4.79 Å². The minimum absolute atomic E-state index is 0.0225. The number of ether oxygens (including phenoxy) is 1. The molecule has 0 aliphatic carbocycles. The standard InChI is InChI=1S/C11H13N5O2/c1-7-9(5-16(2)15-7)10-4-3-8(13-14-10)6-18-11(12)17/h3-5H,6H2,1-2H3,(H2,12,17). The molecule has 0 atom stereocenters. The number of carbonyl (C=O) groups excluding carboxylic acids is 1. The number of rotatable bonds is 3. The van der Waals surface area contributed by atoms with E-state index in [1.807, 2.05) is 20.2 Å². The van der Waals surface area contributed by atoms with Crippen molar-refractivity contribution in [3.05, 3.63) is 29.7 Å². The van der Waals surface area contributed by atoms with Gasteiger partial charge in [-0.25, -0.2) is 4.79 Å². The summed E-state index contributed by atoms with van der Waals surface area (Å²) in [6.45, 7) is 1.93. The van der Waals surface area contributed by atoms with E-state index < -0.39 is 6.09 Å². The van der Waals surface area contributed by atoms with E-state index in [9.17, 15) is 4.79 Å². The van der Waals surface area contributed by atoms with E-state index in [1.54, 1.807) is 16.8 Å². The normalized spacial score (nSPS) is 10.3. The zero-order valence-corrected chi connectivity index (χ0v) is 10.1. The Kier molecular flexibility index (Phi) is 3.22. The van der Waals surface area contributed by atoms with E-state index in [4.69, 9.17) is 5.73 Å². The third-order valence-corrected chi connectivity index (χ3v) is 2.37. The van der Waals surface area contributed by atoms with Gasteiger partial charge >= 0.3 is 6.09 Å². The second-order valence-electron chi connectivity index (χ2n) is 3.82. The van der Waals surface area contributed by atoms with Crippen molar-refractivity contribution >= 4 is 6.09 Å². The van der Waals surface area contributed by atoms with Crippen LogP contribution in [0.5, 0.6) is 0 Å². The van der Waals surface area contributed by atoms with Gasteiger partial charge in [-0.3, -0.25) is 4.68 Å². The highest BCUT2D eigenvalue weighted by Gasteiger charge is 2.08. The molecule has 2 heterocycles. The number of amides is 1. The Morgan fingerprint density at radius 2 is 2.22 bits per heavy atom. The van der Waals surface area contributed by atoms with Crippen molar-refractivity contribution in [1.82, 2.24) is 20.0 Å². The van der Waals surface area contributed by atoms with Gasteiger partial charge in [-0.1, -0.05) is 0 Å². The molecule has 2 aromatic heterocycles. The number of nitrogens with zero attached hydrogens (tertiary/aromatic N) is 4. The van der Waals surface area contributed by atoms with E-state index >= 15 is 0 Å². The van der Waals surface area contributed by atoms with Crippen molar-refractivity contribution < 1.29 is 9.53 Å². The minimum atomic E-state index is -0.830. The average molecular weight is 247 g/mol. The lowest BCUT2D eigenvalue weighted by atomic mass is 10.2. The number of hydrogen-bond donors (Lipinski definition) is 1. The number of aromatic nitrogens is 4. The lowest BCUT2D eigenvalue weighted by molar-refractivity contribution is 0.148. The molecule has 0 aliphatic rings. The van der Waals surface area contributed by atoms with Crippen LogP contribution in [0.2, 0.25) is 0 Å². The summed E-state index contributed by atoms with van der Waals surface area (Å²) in [5.41, 5.74) is 7.94. The molecule has 2 rings (SSSR count). The number of nitrogens with two attached hydrogens (primary N) is 1. The third-order valence-electron chi connectivity index (χ3n) is 2.37. The summed E-state index contributed by atoms with van der Waals surface area (Å²) in [6.07, 6.45) is 1.04. The molecule has 7 heteroatoms. The maximum atomic E-state index is 10.4. The van der Waals surface area contributed by atoms with Crippen molar-refractivity contribution in [3.63, 3.8) is 0 Å². The third kappa shape index (κ3) is 2.62. The Balaban J connectivity index is 2.17. The summed E-state index contributed by atoms with van der Waals surface area (Å²) in [6, 6.07) is 3.54. The average Bonchev–Trinajstić information content (AvgIpc) is 2.66. The molecular weight excluding hydrogens is 234 g/mol. The summed E-state index contributed by atoms with van der Waals surface area (Å²) in [7, 11) is 1.85. The summed E-state index contributed by atoms with van der Waals surface area (Å²) in [5.74, 6) is 0. The molecule has 2 aromatic rings. The van der Waals surface area contributed by atoms with E-state index in [-0.39, 0.29) is 6.61 Å². The van der Waals surface area contributed by atoms with Gasteiger partial charge in [-0.15, -0.1) is 0 Å². The SMILES string of the molecule is Cc1nn(C)cc1-c1ccc(COC(N)=O)nn1. The monoisotopic (exact) mass is 247 g/mol. The van der Waals surface area contributed by atoms with Crippen LogP contribution in [-0.4, -0.2) is 26.1 Å². The van der Waals surface area contributed by atoms with Gasteiger partial charge in [0.05, 0.1) is 11.4 Å². The van der Waals surface area contributed by atoms with E-state index in [1.165, 1.54) is 0 Å². The van der Waals surface area contributed by atoms with Crippen LogP contribution in [0.15, 0.2) is 18.3 Å². The molecule has 1 amide bonds. The van der Waals surface area contributed by atoms with Crippen LogP contribution in [0.25, 0.3) is 11.3 Å². The first-order chi connectivity index (χ1) is 8.56. The van der Waals surface area contributed by atoms with Crippen LogP contribution in [0, 0.1) is 6.92 Å².